The molecule has 31 heavy (non-hydrogen) atoms. The van der Waals surface area contributed by atoms with Crippen molar-refractivity contribution in [3.8, 4) is 0 Å². The van der Waals surface area contributed by atoms with Crippen LogP contribution in [0, 0.1) is 0 Å². The van der Waals surface area contributed by atoms with Crippen LogP contribution < -0.4 is 5.30 Å². The van der Waals surface area contributed by atoms with Crippen LogP contribution in [0.3, 0.4) is 0 Å². The molecule has 2 aromatic carbocycles. The zero-order chi connectivity index (χ0) is 22.7. The Balaban J connectivity index is 1.90. The predicted octanol–water partition coefficient (Wildman–Crippen LogP) is 6.48. The molecule has 0 radical (unpaired) electrons. The second-order valence-electron chi connectivity index (χ2n) is 10.5. The van der Waals surface area contributed by atoms with E-state index < -0.39 is 27.4 Å². The highest BCUT2D eigenvalue weighted by atomic mass is 31.1. The number of aliphatic hydroxyl groups excluding tert-OH is 1. The summed E-state index contributed by atoms with van der Waals surface area (Å²) < 4.78 is 20.7. The Morgan fingerprint density at radius 1 is 0.968 bits per heavy atom. The molecule has 0 amide bonds. The fourth-order valence-corrected chi connectivity index (χ4v) is 8.25. The minimum atomic E-state index is -2.27. The molecule has 3 rings (SSSR count). The van der Waals surface area contributed by atoms with Crippen LogP contribution in [0.1, 0.15) is 58.4 Å². The molecular formula is C26H39O3PSi. The molecule has 0 spiro atoms. The van der Waals surface area contributed by atoms with E-state index in [4.69, 9.17) is 4.43 Å². The molecule has 1 N–H and O–H groups in total. The monoisotopic (exact) mass is 458 g/mol. The van der Waals surface area contributed by atoms with E-state index in [1.807, 2.05) is 60.7 Å². The van der Waals surface area contributed by atoms with Crippen molar-refractivity contribution in [2.45, 2.75) is 88.4 Å². The van der Waals surface area contributed by atoms with Crippen molar-refractivity contribution in [3.05, 3.63) is 66.2 Å². The lowest BCUT2D eigenvalue weighted by molar-refractivity contribution is 0.0636. The maximum Gasteiger partial charge on any atom is 0.192 e. The minimum Gasteiger partial charge on any atom is -0.414 e. The molecule has 4 atom stereocenters. The van der Waals surface area contributed by atoms with Gasteiger partial charge in [-0.1, -0.05) is 81.4 Å². The fraction of sp³-hybridized carbons (Fsp3) is 0.538. The topological polar surface area (TPSA) is 46.5 Å². The van der Waals surface area contributed by atoms with E-state index >= 15 is 0 Å². The maximum atomic E-state index is 14.0. The first-order valence-corrected chi connectivity index (χ1v) is 15.9. The third-order valence-electron chi connectivity index (χ3n) is 7.43. The number of hydrogen-bond acceptors (Lipinski definition) is 3. The van der Waals surface area contributed by atoms with Crippen LogP contribution in [0.2, 0.25) is 18.1 Å². The summed E-state index contributed by atoms with van der Waals surface area (Å²) in [5, 5.41) is 11.9. The average molecular weight is 459 g/mol. The van der Waals surface area contributed by atoms with Crippen molar-refractivity contribution in [1.29, 1.82) is 0 Å². The molecule has 0 aromatic heterocycles. The maximum absolute atomic E-state index is 14.0. The standard InChI is InChI=1S/C26H39O3PSi/c1-25(2,3)31(4,5)29-22-15-12-20-26(24(27)19-18-22,21-13-8-6-9-14-21)30(28)23-16-10-7-11-17-23/h6-11,13-14,16-17,22,24,27,30H,12,15,18-20H2,1-5H3/t22?,24-,26-/m1/s1. The summed E-state index contributed by atoms with van der Waals surface area (Å²) in [5.41, 5.74) is 0.999. The number of hydrogen-bond donors (Lipinski definition) is 1. The van der Waals surface area contributed by atoms with E-state index in [0.29, 0.717) is 12.8 Å². The van der Waals surface area contributed by atoms with Crippen LogP contribution in [-0.4, -0.2) is 25.6 Å². The Labute approximate surface area is 190 Å². The zero-order valence-corrected chi connectivity index (χ0v) is 21.7. The summed E-state index contributed by atoms with van der Waals surface area (Å²) in [7, 11) is -4.14. The SMILES string of the molecule is CC(C)(C)[Si](C)(C)OC1CCC[C@](c2ccccc2)([PH](=O)c2ccccc2)[C@H](O)CC1. The molecule has 5 heteroatoms. The van der Waals surface area contributed by atoms with Crippen molar-refractivity contribution in [2.24, 2.45) is 0 Å². The van der Waals surface area contributed by atoms with Gasteiger partial charge in [-0.05, 0) is 55.8 Å². The van der Waals surface area contributed by atoms with Crippen LogP contribution in [0.4, 0.5) is 0 Å². The van der Waals surface area contributed by atoms with Crippen molar-refractivity contribution >= 4 is 21.4 Å². The van der Waals surface area contributed by atoms with Crippen LogP contribution >= 0.6 is 7.80 Å². The lowest BCUT2D eigenvalue weighted by Gasteiger charge is -2.43. The van der Waals surface area contributed by atoms with E-state index in [2.05, 4.69) is 33.9 Å². The highest BCUT2D eigenvalue weighted by Crippen LogP contribution is 2.54. The van der Waals surface area contributed by atoms with Gasteiger partial charge >= 0.3 is 0 Å². The Kier molecular flexibility index (Phi) is 7.69. The quantitative estimate of drug-likeness (QED) is 0.412. The second kappa shape index (κ2) is 9.75. The molecule has 1 aliphatic rings. The minimum absolute atomic E-state index is 0.167. The van der Waals surface area contributed by atoms with Gasteiger partial charge < -0.3 is 14.1 Å². The smallest absolute Gasteiger partial charge is 0.192 e. The van der Waals surface area contributed by atoms with E-state index in [1.165, 1.54) is 0 Å². The van der Waals surface area contributed by atoms with Gasteiger partial charge in [0.1, 0.15) is 7.80 Å². The molecule has 0 saturated heterocycles. The van der Waals surface area contributed by atoms with Gasteiger partial charge in [-0.15, -0.1) is 0 Å². The summed E-state index contributed by atoms with van der Waals surface area (Å²) in [6.45, 7) is 11.4. The molecule has 3 nitrogen and oxygen atoms in total. The zero-order valence-electron chi connectivity index (χ0n) is 19.7. The van der Waals surface area contributed by atoms with Gasteiger partial charge in [0.15, 0.2) is 8.32 Å². The highest BCUT2D eigenvalue weighted by Gasteiger charge is 2.47. The summed E-state index contributed by atoms with van der Waals surface area (Å²) in [6.07, 6.45) is 3.49. The molecular weight excluding hydrogens is 419 g/mol. The second-order valence-corrected chi connectivity index (χ2v) is 17.4. The number of rotatable bonds is 5. The Morgan fingerprint density at radius 3 is 2.13 bits per heavy atom. The number of benzene rings is 2. The van der Waals surface area contributed by atoms with Gasteiger partial charge in [0.05, 0.1) is 11.3 Å². The summed E-state index contributed by atoms with van der Waals surface area (Å²) in [4.78, 5) is 0. The van der Waals surface area contributed by atoms with E-state index in [9.17, 15) is 9.67 Å². The van der Waals surface area contributed by atoms with Crippen molar-refractivity contribution in [1.82, 2.24) is 0 Å². The molecule has 170 valence electrons. The van der Waals surface area contributed by atoms with Gasteiger partial charge in [-0.3, -0.25) is 0 Å². The first-order valence-electron chi connectivity index (χ1n) is 11.6. The molecule has 0 heterocycles. The Bertz CT molecular complexity index is 863. The third-order valence-corrected chi connectivity index (χ3v) is 14.5. The fourth-order valence-electron chi connectivity index (χ4n) is 4.54. The van der Waals surface area contributed by atoms with Crippen molar-refractivity contribution in [2.75, 3.05) is 0 Å². The van der Waals surface area contributed by atoms with Crippen LogP contribution in [0.25, 0.3) is 0 Å². The van der Waals surface area contributed by atoms with Gasteiger partial charge in [-0.25, -0.2) is 0 Å². The van der Waals surface area contributed by atoms with E-state index in [1.54, 1.807) is 0 Å². The molecule has 1 saturated carbocycles. The van der Waals surface area contributed by atoms with E-state index in [0.717, 1.165) is 30.1 Å². The summed E-state index contributed by atoms with van der Waals surface area (Å²) >= 11 is 0. The van der Waals surface area contributed by atoms with Crippen LogP contribution in [0.5, 0.6) is 0 Å². The van der Waals surface area contributed by atoms with Crippen molar-refractivity contribution in [3.63, 3.8) is 0 Å². The Morgan fingerprint density at radius 2 is 1.55 bits per heavy atom. The molecule has 0 aliphatic heterocycles. The number of aliphatic hydroxyl groups is 1. The van der Waals surface area contributed by atoms with Crippen LogP contribution in [-0.2, 0) is 14.1 Å². The summed E-state index contributed by atoms with van der Waals surface area (Å²) in [5.74, 6) is 0. The molecule has 1 fully saturated rings. The summed E-state index contributed by atoms with van der Waals surface area (Å²) in [6, 6.07) is 19.8. The predicted molar refractivity (Wildman–Crippen MR) is 134 cm³/mol. The highest BCUT2D eigenvalue weighted by molar-refractivity contribution is 7.54. The molecule has 1 aliphatic carbocycles. The van der Waals surface area contributed by atoms with Gasteiger partial charge in [0.2, 0.25) is 0 Å². The first kappa shape index (κ1) is 24.4. The largest absolute Gasteiger partial charge is 0.414 e. The van der Waals surface area contributed by atoms with Gasteiger partial charge in [-0.2, -0.15) is 0 Å². The van der Waals surface area contributed by atoms with Gasteiger partial charge in [0, 0.05) is 11.4 Å². The first-order chi connectivity index (χ1) is 14.6. The van der Waals surface area contributed by atoms with Crippen LogP contribution in [0.15, 0.2) is 60.7 Å². The molecule has 2 unspecified atom stereocenters. The molecule has 0 bridgehead atoms. The lowest BCUT2D eigenvalue weighted by atomic mass is 9.82. The normalized spacial score (nSPS) is 26.6. The van der Waals surface area contributed by atoms with Gasteiger partial charge in [0.25, 0.3) is 0 Å². The van der Waals surface area contributed by atoms with Crippen molar-refractivity contribution < 1.29 is 14.1 Å². The lowest BCUT2D eigenvalue weighted by Crippen LogP contribution is -2.46. The average Bonchev–Trinajstić information content (AvgIpc) is 2.73. The Hall–Kier alpha value is -1.19. The van der Waals surface area contributed by atoms with E-state index in [-0.39, 0.29) is 11.1 Å². The molecule has 2 aromatic rings. The third kappa shape index (κ3) is 5.25.